The Kier molecular flexibility index (Phi) is 17.5. The summed E-state index contributed by atoms with van der Waals surface area (Å²) in [7, 11) is 0. The molecule has 0 saturated heterocycles. The van der Waals surface area contributed by atoms with Gasteiger partial charge in [-0.1, -0.05) is 303 Å². The fourth-order valence-corrected chi connectivity index (χ4v) is 21.4. The molecule has 0 bridgehead atoms. The second kappa shape index (κ2) is 30.8. The van der Waals surface area contributed by atoms with Gasteiger partial charge < -0.3 is 31.8 Å². The molecule has 0 fully saturated rings. The Labute approximate surface area is 768 Å². The van der Waals surface area contributed by atoms with Crippen LogP contribution < -0.4 is 0 Å². The number of rotatable bonds is 10. The van der Waals surface area contributed by atoms with Gasteiger partial charge in [-0.15, -0.1) is 0 Å². The first-order valence-electron chi connectivity index (χ1n) is 45.7. The van der Waals surface area contributed by atoms with E-state index in [0.29, 0.717) is 5.95 Å². The third-order valence-corrected chi connectivity index (χ3v) is 27.3. The monoisotopic (exact) mass is 1710 g/mol. The number of benzene rings is 20. The Morgan fingerprint density at radius 2 is 0.418 bits per heavy atom. The normalized spacial score (nSPS) is 11.9. The van der Waals surface area contributed by atoms with E-state index < -0.39 is 0 Å². The SMILES string of the molecule is c1ccc(-c2cc(-c3ccccc3)nc(-n3c4ccccc4c4c5oc6ccccc6c5ccc43)n2)cc1.c1ccc(-c2ccc(-n3c4ccccc4c4cc5c6ccccc6n(-c6ccc7c(c6)c6ccccc6n7-c6ccccc6)c5cc43)cc2)cc1.c1ccc(-n2c3ccccc3c3cc(-n4c5ccccc5c5cc6c7ccccc7n(-c7ccccc7)c6cc54)ccc32)cc1. The molecule has 0 aliphatic heterocycles. The van der Waals surface area contributed by atoms with Crippen molar-refractivity contribution in [2.45, 2.75) is 0 Å². The molecule has 0 aliphatic rings. The minimum atomic E-state index is 0.631. The van der Waals surface area contributed by atoms with Crippen LogP contribution in [0.4, 0.5) is 0 Å². The summed E-state index contributed by atoms with van der Waals surface area (Å²) in [5.41, 5.74) is 31.6. The minimum absolute atomic E-state index is 0.631. The lowest BCUT2D eigenvalue weighted by molar-refractivity contribution is 0.673. The van der Waals surface area contributed by atoms with Gasteiger partial charge in [0.05, 0.1) is 94.0 Å². The quantitative estimate of drug-likeness (QED) is 0.137. The first-order chi connectivity index (χ1) is 66.5. The molecule has 20 aromatic carbocycles. The lowest BCUT2D eigenvalue weighted by Gasteiger charge is -2.12. The molecular weight excluding hydrogens is 1630 g/mol. The molecule has 0 aliphatic carbocycles. The number of nitrogens with zero attached hydrogens (tertiary/aromatic N) is 9. The van der Waals surface area contributed by atoms with Crippen LogP contribution in [-0.2, 0) is 0 Å². The first-order valence-corrected chi connectivity index (χ1v) is 45.7. The van der Waals surface area contributed by atoms with Crippen molar-refractivity contribution < 1.29 is 4.42 Å². The number of furan rings is 1. The number of fused-ring (bicyclic) bond motifs is 25. The van der Waals surface area contributed by atoms with Crippen molar-refractivity contribution in [2.24, 2.45) is 0 Å². The van der Waals surface area contributed by atoms with Crippen molar-refractivity contribution in [3.8, 4) is 73.7 Å². The van der Waals surface area contributed by atoms with Crippen LogP contribution in [0.2, 0.25) is 0 Å². The summed E-state index contributed by atoms with van der Waals surface area (Å²) in [6.07, 6.45) is 0. The predicted octanol–water partition coefficient (Wildman–Crippen LogP) is 32.4. The third kappa shape index (κ3) is 12.1. The highest BCUT2D eigenvalue weighted by atomic mass is 16.3. The Balaban J connectivity index is 0.000000103. The van der Waals surface area contributed by atoms with E-state index in [-0.39, 0.29) is 0 Å². The maximum atomic E-state index is 6.45. The summed E-state index contributed by atoms with van der Waals surface area (Å²) < 4.78 is 23.1. The van der Waals surface area contributed by atoms with Gasteiger partial charge >= 0.3 is 0 Å². The van der Waals surface area contributed by atoms with Gasteiger partial charge in [0.15, 0.2) is 0 Å². The highest BCUT2D eigenvalue weighted by Crippen LogP contribution is 2.47. The molecule has 0 N–H and O–H groups in total. The van der Waals surface area contributed by atoms with E-state index in [1.54, 1.807) is 0 Å². The standard InChI is InChI=1S/C48H31N3.C42H27N3.C34H21N3O/c1-3-13-32(14-4-1)33-23-25-35(26-24-33)50-44-21-11-8-18-38(44)41-30-42-39-19-9-12-22-45(39)51(48(42)31-47(41)50)36-27-28-46-40(29-36)37-17-7-10-20-43(37)49(46)34-15-5-2-6-16-34;1-3-13-28(14-4-1)43-37-20-10-7-17-31(37)34-25-30(23-24-40(34)43)45-39-22-12-9-19-33(39)36-26-35-32-18-8-11-21-38(32)44(41(35)27-42(36)45)29-15-5-2-6-16-29;1-3-11-22(12-4-1)27-21-28(23-13-5-2-6-14-23)36-34(35-27)37-29-17-9-7-16-26(29)32-30(37)20-19-25-24-15-8-10-18-31(24)38-33(25)32/h1-31H;1-27H;1-21H. The highest BCUT2D eigenvalue weighted by Gasteiger charge is 2.26. The fraction of sp³-hybridized carbons (Fsp3) is 0. The molecule has 10 heteroatoms. The number of para-hydroxylation sites is 11. The summed E-state index contributed by atoms with van der Waals surface area (Å²) in [4.78, 5) is 10.2. The summed E-state index contributed by atoms with van der Waals surface area (Å²) in [5, 5.41) is 19.5. The smallest absolute Gasteiger partial charge is 0.235 e. The summed E-state index contributed by atoms with van der Waals surface area (Å²) in [5.74, 6) is 0.631. The fourth-order valence-electron chi connectivity index (χ4n) is 21.4. The van der Waals surface area contributed by atoms with E-state index in [0.717, 1.165) is 83.3 Å². The summed E-state index contributed by atoms with van der Waals surface area (Å²) in [6, 6.07) is 171. The van der Waals surface area contributed by atoms with Crippen molar-refractivity contribution in [2.75, 3.05) is 0 Å². The highest BCUT2D eigenvalue weighted by molar-refractivity contribution is 6.25. The number of hydrogen-bond donors (Lipinski definition) is 0. The molecule has 29 rings (SSSR count). The maximum Gasteiger partial charge on any atom is 0.235 e. The van der Waals surface area contributed by atoms with Gasteiger partial charge in [0, 0.05) is 126 Å². The van der Waals surface area contributed by atoms with Crippen LogP contribution in [0.1, 0.15) is 0 Å². The topological polar surface area (TPSA) is 73.4 Å². The van der Waals surface area contributed by atoms with Crippen LogP contribution in [-0.4, -0.2) is 41.9 Å². The van der Waals surface area contributed by atoms with Crippen molar-refractivity contribution in [1.29, 1.82) is 0 Å². The van der Waals surface area contributed by atoms with E-state index in [2.05, 4.69) is 463 Å². The van der Waals surface area contributed by atoms with Crippen LogP contribution in [0.25, 0.3) is 248 Å². The molecule has 0 radical (unpaired) electrons. The second-order valence-corrected chi connectivity index (χ2v) is 34.7. The summed E-state index contributed by atoms with van der Waals surface area (Å²) in [6.45, 7) is 0. The molecule has 134 heavy (non-hydrogen) atoms. The Bertz CT molecular complexity index is 9680. The van der Waals surface area contributed by atoms with Crippen LogP contribution in [0, 0.1) is 0 Å². The maximum absolute atomic E-state index is 6.45. The van der Waals surface area contributed by atoms with E-state index in [4.69, 9.17) is 14.4 Å². The van der Waals surface area contributed by atoms with Crippen molar-refractivity contribution in [3.05, 3.63) is 479 Å². The summed E-state index contributed by atoms with van der Waals surface area (Å²) >= 11 is 0. The minimum Gasteiger partial charge on any atom is -0.455 e. The number of hydrogen-bond acceptors (Lipinski definition) is 3. The molecule has 10 nitrogen and oxygen atoms in total. The Morgan fingerprint density at radius 1 is 0.149 bits per heavy atom. The van der Waals surface area contributed by atoms with Crippen molar-refractivity contribution in [3.63, 3.8) is 0 Å². The van der Waals surface area contributed by atoms with Gasteiger partial charge in [-0.2, -0.15) is 0 Å². The van der Waals surface area contributed by atoms with E-state index in [9.17, 15) is 0 Å². The average Bonchev–Trinajstić information content (AvgIpc) is 1.56. The molecule has 0 amide bonds. The van der Waals surface area contributed by atoms with Gasteiger partial charge in [0.2, 0.25) is 5.95 Å². The van der Waals surface area contributed by atoms with Crippen molar-refractivity contribution in [1.82, 2.24) is 41.9 Å². The van der Waals surface area contributed by atoms with Crippen LogP contribution in [0.15, 0.2) is 484 Å². The lowest BCUT2D eigenvalue weighted by atomic mass is 10.1. The molecule has 9 aromatic heterocycles. The van der Waals surface area contributed by atoms with E-state index >= 15 is 0 Å². The zero-order valence-corrected chi connectivity index (χ0v) is 72.5. The van der Waals surface area contributed by atoms with Gasteiger partial charge in [0.25, 0.3) is 0 Å². The zero-order chi connectivity index (χ0) is 88.0. The Morgan fingerprint density at radius 3 is 0.806 bits per heavy atom. The van der Waals surface area contributed by atoms with Crippen molar-refractivity contribution >= 4 is 175 Å². The van der Waals surface area contributed by atoms with Gasteiger partial charge in [-0.25, -0.2) is 9.97 Å². The largest absolute Gasteiger partial charge is 0.455 e. The average molecular weight is 1710 g/mol. The predicted molar refractivity (Wildman–Crippen MR) is 559 cm³/mol. The molecule has 0 saturated carbocycles. The molecule has 29 aromatic rings. The van der Waals surface area contributed by atoms with Crippen LogP contribution in [0.5, 0.6) is 0 Å². The van der Waals surface area contributed by atoms with Gasteiger partial charge in [-0.3, -0.25) is 4.57 Å². The first kappa shape index (κ1) is 76.0. The lowest BCUT2D eigenvalue weighted by Crippen LogP contribution is -2.03. The number of aromatic nitrogens is 9. The van der Waals surface area contributed by atoms with Crippen LogP contribution >= 0.6 is 0 Å². The van der Waals surface area contributed by atoms with Gasteiger partial charge in [0.1, 0.15) is 11.2 Å². The molecule has 0 atom stereocenters. The van der Waals surface area contributed by atoms with E-state index in [1.165, 1.54) is 159 Å². The van der Waals surface area contributed by atoms with E-state index in [1.807, 2.05) is 48.5 Å². The third-order valence-electron chi connectivity index (χ3n) is 27.3. The zero-order valence-electron chi connectivity index (χ0n) is 72.5. The Hall–Kier alpha value is -18.1. The molecule has 0 unspecified atom stereocenters. The van der Waals surface area contributed by atoms with Crippen LogP contribution in [0.3, 0.4) is 0 Å². The second-order valence-electron chi connectivity index (χ2n) is 34.7. The molecular formula is C124H79N9O. The molecule has 0 spiro atoms. The molecule has 9 heterocycles. The van der Waals surface area contributed by atoms with Gasteiger partial charge in [-0.05, 0) is 187 Å². The molecule has 626 valence electrons.